The number of hydrogen-bond donors (Lipinski definition) is 1. The van der Waals surface area contributed by atoms with Crippen LogP contribution in [0.2, 0.25) is 0 Å². The van der Waals surface area contributed by atoms with E-state index in [2.05, 4.69) is 20.4 Å². The molecule has 0 unspecified atom stereocenters. The molecule has 3 rings (SSSR count). The average Bonchev–Trinajstić information content (AvgIpc) is 3.14. The van der Waals surface area contributed by atoms with E-state index in [9.17, 15) is 4.79 Å². The van der Waals surface area contributed by atoms with Crippen LogP contribution in [-0.2, 0) is 11.2 Å². The fourth-order valence-corrected chi connectivity index (χ4v) is 2.44. The van der Waals surface area contributed by atoms with Crippen molar-refractivity contribution in [2.45, 2.75) is 33.6 Å². The van der Waals surface area contributed by atoms with Gasteiger partial charge >= 0.3 is 0 Å². The Labute approximate surface area is 139 Å². The maximum Gasteiger partial charge on any atom is 0.252 e. The van der Waals surface area contributed by atoms with Gasteiger partial charge in [-0.3, -0.25) is 4.79 Å². The van der Waals surface area contributed by atoms with Gasteiger partial charge in [0.05, 0.1) is 12.0 Å². The molecule has 7 nitrogen and oxygen atoms in total. The highest BCUT2D eigenvalue weighted by molar-refractivity contribution is 5.90. The van der Waals surface area contributed by atoms with Gasteiger partial charge in [-0.15, -0.1) is 0 Å². The first-order valence-electron chi connectivity index (χ1n) is 7.73. The van der Waals surface area contributed by atoms with E-state index in [1.165, 1.54) is 0 Å². The zero-order valence-electron chi connectivity index (χ0n) is 13.9. The lowest BCUT2D eigenvalue weighted by molar-refractivity contribution is -0.116. The maximum absolute atomic E-state index is 12.2. The second-order valence-corrected chi connectivity index (χ2v) is 5.66. The molecule has 0 fully saturated rings. The van der Waals surface area contributed by atoms with Crippen LogP contribution in [0.1, 0.15) is 29.3 Å². The predicted octanol–water partition coefficient (Wildman–Crippen LogP) is 2.75. The summed E-state index contributed by atoms with van der Waals surface area (Å²) in [4.78, 5) is 21.0. The van der Waals surface area contributed by atoms with Crippen LogP contribution in [0.4, 0.5) is 5.82 Å². The Balaban J connectivity index is 1.77. The molecule has 3 aromatic rings. The Hall–Kier alpha value is -2.96. The molecule has 0 aliphatic rings. The van der Waals surface area contributed by atoms with Gasteiger partial charge < -0.3 is 9.73 Å². The molecule has 3 heterocycles. The van der Waals surface area contributed by atoms with Crippen molar-refractivity contribution in [2.24, 2.45) is 0 Å². The van der Waals surface area contributed by atoms with E-state index >= 15 is 0 Å². The van der Waals surface area contributed by atoms with Crippen LogP contribution in [-0.4, -0.2) is 25.7 Å². The quantitative estimate of drug-likeness (QED) is 0.779. The van der Waals surface area contributed by atoms with E-state index in [0.29, 0.717) is 24.6 Å². The molecule has 1 N–H and O–H groups in total. The van der Waals surface area contributed by atoms with Crippen molar-refractivity contribution >= 4 is 11.7 Å². The molecular weight excluding hydrogens is 306 g/mol. The standard InChI is InChI=1S/C17H19N5O2/c1-11-9-12(2)19-17(18-11)22-15(10-13(3)21-22)20-16(23)7-6-14-5-4-8-24-14/h4-5,8-10H,6-7H2,1-3H3,(H,20,23). The molecule has 0 aliphatic carbocycles. The number of nitrogens with one attached hydrogen (secondary N) is 1. The second kappa shape index (κ2) is 6.66. The van der Waals surface area contributed by atoms with Crippen molar-refractivity contribution in [3.63, 3.8) is 0 Å². The third kappa shape index (κ3) is 3.68. The van der Waals surface area contributed by atoms with Crippen molar-refractivity contribution in [1.29, 1.82) is 0 Å². The first-order valence-corrected chi connectivity index (χ1v) is 7.73. The fourth-order valence-electron chi connectivity index (χ4n) is 2.44. The van der Waals surface area contributed by atoms with Crippen LogP contribution in [0, 0.1) is 20.8 Å². The van der Waals surface area contributed by atoms with Crippen molar-refractivity contribution in [2.75, 3.05) is 5.32 Å². The predicted molar refractivity (Wildman–Crippen MR) is 89.0 cm³/mol. The second-order valence-electron chi connectivity index (χ2n) is 5.66. The number of carbonyl (C=O) groups is 1. The van der Waals surface area contributed by atoms with Gasteiger partial charge in [0, 0.05) is 30.3 Å². The van der Waals surface area contributed by atoms with Crippen molar-refractivity contribution in [1.82, 2.24) is 19.7 Å². The van der Waals surface area contributed by atoms with Crippen LogP contribution in [0.3, 0.4) is 0 Å². The molecule has 24 heavy (non-hydrogen) atoms. The van der Waals surface area contributed by atoms with E-state index in [0.717, 1.165) is 22.8 Å². The summed E-state index contributed by atoms with van der Waals surface area (Å²) < 4.78 is 6.80. The van der Waals surface area contributed by atoms with Crippen molar-refractivity contribution in [3.05, 3.63) is 53.4 Å². The van der Waals surface area contributed by atoms with Crippen LogP contribution < -0.4 is 5.32 Å². The highest BCUT2D eigenvalue weighted by atomic mass is 16.3. The van der Waals surface area contributed by atoms with E-state index < -0.39 is 0 Å². The topological polar surface area (TPSA) is 85.8 Å². The molecule has 3 aromatic heterocycles. The average molecular weight is 325 g/mol. The van der Waals surface area contributed by atoms with E-state index in [1.807, 2.05) is 39.0 Å². The number of amides is 1. The third-order valence-corrected chi connectivity index (χ3v) is 3.44. The number of nitrogens with zero attached hydrogens (tertiary/aromatic N) is 4. The number of aryl methyl sites for hydroxylation is 4. The molecule has 0 radical (unpaired) electrons. The number of rotatable bonds is 5. The molecule has 0 atom stereocenters. The zero-order chi connectivity index (χ0) is 17.1. The van der Waals surface area contributed by atoms with E-state index in [-0.39, 0.29) is 5.91 Å². The molecule has 0 saturated carbocycles. The SMILES string of the molecule is Cc1cc(C)nc(-n2nc(C)cc2NC(=O)CCc2ccco2)n1. The van der Waals surface area contributed by atoms with Crippen molar-refractivity contribution < 1.29 is 9.21 Å². The first-order chi connectivity index (χ1) is 11.5. The summed E-state index contributed by atoms with van der Waals surface area (Å²) in [5.41, 5.74) is 2.47. The Morgan fingerprint density at radius 3 is 2.58 bits per heavy atom. The number of anilines is 1. The lowest BCUT2D eigenvalue weighted by Crippen LogP contribution is -2.16. The number of hydrogen-bond acceptors (Lipinski definition) is 5. The maximum atomic E-state index is 12.2. The van der Waals surface area contributed by atoms with Gasteiger partial charge in [-0.1, -0.05) is 0 Å². The molecule has 7 heteroatoms. The number of carbonyl (C=O) groups excluding carboxylic acids is 1. The highest BCUT2D eigenvalue weighted by Gasteiger charge is 2.14. The lowest BCUT2D eigenvalue weighted by atomic mass is 10.2. The third-order valence-electron chi connectivity index (χ3n) is 3.44. The van der Waals surface area contributed by atoms with Gasteiger partial charge in [0.1, 0.15) is 11.6 Å². The summed E-state index contributed by atoms with van der Waals surface area (Å²) in [5.74, 6) is 1.67. The molecule has 1 amide bonds. The highest BCUT2D eigenvalue weighted by Crippen LogP contribution is 2.16. The minimum absolute atomic E-state index is 0.114. The zero-order valence-corrected chi connectivity index (χ0v) is 13.9. The molecular formula is C17H19N5O2. The monoisotopic (exact) mass is 325 g/mol. The minimum Gasteiger partial charge on any atom is -0.469 e. The van der Waals surface area contributed by atoms with E-state index in [4.69, 9.17) is 4.42 Å². The summed E-state index contributed by atoms with van der Waals surface area (Å²) >= 11 is 0. The van der Waals surface area contributed by atoms with Gasteiger partial charge in [0.25, 0.3) is 5.95 Å². The van der Waals surface area contributed by atoms with Gasteiger partial charge in [0.15, 0.2) is 0 Å². The van der Waals surface area contributed by atoms with Gasteiger partial charge in [-0.05, 0) is 39.0 Å². The summed E-state index contributed by atoms with van der Waals surface area (Å²) in [6.07, 6.45) is 2.47. The molecule has 0 aliphatic heterocycles. The fraction of sp³-hybridized carbons (Fsp3) is 0.294. The Bertz CT molecular complexity index is 832. The van der Waals surface area contributed by atoms with Crippen LogP contribution in [0.25, 0.3) is 5.95 Å². The number of aromatic nitrogens is 4. The largest absolute Gasteiger partial charge is 0.469 e. The summed E-state index contributed by atoms with van der Waals surface area (Å²) in [5, 5.41) is 7.26. The smallest absolute Gasteiger partial charge is 0.252 e. The van der Waals surface area contributed by atoms with Crippen molar-refractivity contribution in [3.8, 4) is 5.95 Å². The normalized spacial score (nSPS) is 10.8. The van der Waals surface area contributed by atoms with Crippen LogP contribution in [0.15, 0.2) is 34.9 Å². The lowest BCUT2D eigenvalue weighted by Gasteiger charge is -2.08. The summed E-state index contributed by atoms with van der Waals surface area (Å²) in [6.45, 7) is 5.66. The molecule has 0 bridgehead atoms. The molecule has 0 spiro atoms. The van der Waals surface area contributed by atoms with Gasteiger partial charge in [0.2, 0.25) is 5.91 Å². The Morgan fingerprint density at radius 2 is 1.92 bits per heavy atom. The van der Waals surface area contributed by atoms with Crippen LogP contribution >= 0.6 is 0 Å². The van der Waals surface area contributed by atoms with Crippen LogP contribution in [0.5, 0.6) is 0 Å². The Morgan fingerprint density at radius 1 is 1.17 bits per heavy atom. The Kier molecular flexibility index (Phi) is 4.41. The summed E-state index contributed by atoms with van der Waals surface area (Å²) in [6, 6.07) is 7.35. The first kappa shape index (κ1) is 15.9. The minimum atomic E-state index is -0.114. The van der Waals surface area contributed by atoms with Gasteiger partial charge in [-0.25, -0.2) is 9.97 Å². The van der Waals surface area contributed by atoms with E-state index in [1.54, 1.807) is 17.0 Å². The summed E-state index contributed by atoms with van der Waals surface area (Å²) in [7, 11) is 0. The molecule has 0 saturated heterocycles. The van der Waals surface area contributed by atoms with Gasteiger partial charge in [-0.2, -0.15) is 9.78 Å². The molecule has 0 aromatic carbocycles. The molecule has 124 valence electrons. The number of furan rings is 1.